The Hall–Kier alpha value is -6.74. The Morgan fingerprint density at radius 2 is 0.658 bits per heavy atom. The largest absolute Gasteiger partial charge is 0.481 e. The fourth-order valence-electron chi connectivity index (χ4n) is 11.7. The number of carboxylic acid groups (broad SMARTS) is 4. The summed E-state index contributed by atoms with van der Waals surface area (Å²) >= 11 is 0. The van der Waals surface area contributed by atoms with Crippen LogP contribution in [0, 0.1) is 17.8 Å². The summed E-state index contributed by atoms with van der Waals surface area (Å²) in [7, 11) is 0. The zero-order valence-corrected chi connectivity index (χ0v) is 67.0. The first-order chi connectivity index (χ1) is 53.5. The van der Waals surface area contributed by atoms with E-state index in [0.717, 1.165) is 109 Å². The van der Waals surface area contributed by atoms with E-state index in [-0.39, 0.29) is 247 Å². The molecule has 0 aromatic heterocycles. The summed E-state index contributed by atoms with van der Waals surface area (Å²) in [5, 5.41) is 50.0. The Morgan fingerprint density at radius 1 is 0.279 bits per heavy atom. The second kappa shape index (κ2) is 74.7. The number of Topliss-reactive ketones (excluding diaryl/α,β-unsaturated/α-hetero) is 5. The van der Waals surface area contributed by atoms with E-state index in [0.29, 0.717) is 96.7 Å². The van der Waals surface area contributed by atoms with Crippen LogP contribution in [-0.2, 0) is 105 Å². The SMILES string of the molecule is CC(=O)C(CCCCNC(=O)COCCOCCCC(=O)COCCOCCNC(=O)CC[C@H](CC(=O)CCCCCCCCCCCCC(=O)O)C(=O)O)CC(=O)[C@@H](C)CCCCNC(=O)COCCOCCNC(=O)COCCOCCCC(=O)CC[C@H](NC(=O)CCCCCCCCCCCCC(=O)O)C(=O)O. The standard InChI is InChI=1S/C80H139N5O26/c1-63(29-23-25-41-81-74(93)61-111-56-52-107-48-44-84-76(95)62-110-55-49-104-45-27-32-67(87)38-39-70(80(102)103)85-73(92)34-20-16-12-8-4-6-10-14-18-22-36-78(98)99)71(90)58-65(64(2)86)30-24-26-42-82-75(94)60-109-54-50-105-46-28-33-69(89)59-108-53-51-106-47-43-83-72(91)40-37-66(79(100)101)57-68(88)31-19-15-11-7-3-5-9-13-17-21-35-77(96)97/h63,65-66,70H,3-62H2,1-2H3,(H,81,93)(H,82,94)(H,83,91)(H,84,95)(H,85,92)(H,96,97)(H,98,99)(H,100,101)(H,102,103)/t63-,65?,66+,70-/m0/s1. The molecule has 9 N–H and O–H groups in total. The number of hydrogen-bond acceptors (Lipinski definition) is 22. The summed E-state index contributed by atoms with van der Waals surface area (Å²) < 4.78 is 43.4. The molecular formula is C80H139N5O26. The van der Waals surface area contributed by atoms with Crippen LogP contribution in [0.15, 0.2) is 0 Å². The molecule has 0 heterocycles. The summed E-state index contributed by atoms with van der Waals surface area (Å²) in [5.41, 5.74) is 0. The molecule has 5 amide bonds. The highest BCUT2D eigenvalue weighted by Crippen LogP contribution is 2.21. The fraction of sp³-hybridized carbons (Fsp3) is 0.825. The molecule has 4 atom stereocenters. The van der Waals surface area contributed by atoms with Gasteiger partial charge in [0, 0.05) is 115 Å². The van der Waals surface area contributed by atoms with E-state index in [9.17, 15) is 77.3 Å². The number of hydrogen-bond donors (Lipinski definition) is 9. The van der Waals surface area contributed by atoms with Crippen molar-refractivity contribution in [3.63, 3.8) is 0 Å². The zero-order chi connectivity index (χ0) is 82.0. The maximum atomic E-state index is 13.0. The van der Waals surface area contributed by atoms with Gasteiger partial charge >= 0.3 is 23.9 Å². The number of unbranched alkanes of at least 4 members (excludes halogenated alkanes) is 20. The third-order valence-corrected chi connectivity index (χ3v) is 18.4. The maximum Gasteiger partial charge on any atom is 0.326 e. The first-order valence-corrected chi connectivity index (χ1v) is 41.0. The van der Waals surface area contributed by atoms with Gasteiger partial charge in [-0.15, -0.1) is 0 Å². The third-order valence-electron chi connectivity index (χ3n) is 18.4. The van der Waals surface area contributed by atoms with Crippen molar-refractivity contribution < 1.29 is 125 Å². The van der Waals surface area contributed by atoms with Gasteiger partial charge in [-0.1, -0.05) is 122 Å². The Kier molecular flexibility index (Phi) is 70.1. The topological polar surface area (TPSA) is 454 Å². The highest BCUT2D eigenvalue weighted by atomic mass is 16.5. The van der Waals surface area contributed by atoms with Crippen molar-refractivity contribution in [3.8, 4) is 0 Å². The lowest BCUT2D eigenvalue weighted by Gasteiger charge is -2.16. The third kappa shape index (κ3) is 72.0. The summed E-state index contributed by atoms with van der Waals surface area (Å²) in [6.45, 7) is 6.51. The number of carbonyl (C=O) groups excluding carboxylic acids is 10. The molecule has 0 spiro atoms. The Labute approximate surface area is 658 Å². The Morgan fingerprint density at radius 3 is 1.10 bits per heavy atom. The van der Waals surface area contributed by atoms with Gasteiger partial charge in [-0.3, -0.25) is 62.3 Å². The molecular weight excluding hydrogens is 1450 g/mol. The van der Waals surface area contributed by atoms with Gasteiger partial charge in [0.2, 0.25) is 29.5 Å². The van der Waals surface area contributed by atoms with Crippen LogP contribution in [0.2, 0.25) is 0 Å². The van der Waals surface area contributed by atoms with Gasteiger partial charge in [0.25, 0.3) is 0 Å². The number of ketones is 5. The van der Waals surface area contributed by atoms with Crippen LogP contribution in [0.3, 0.4) is 0 Å². The molecule has 640 valence electrons. The van der Waals surface area contributed by atoms with Gasteiger partial charge in [0.05, 0.1) is 72.0 Å². The van der Waals surface area contributed by atoms with Gasteiger partial charge in [-0.2, -0.15) is 0 Å². The molecule has 0 fully saturated rings. The van der Waals surface area contributed by atoms with E-state index in [1.54, 1.807) is 0 Å². The number of carboxylic acids is 4. The molecule has 31 nitrogen and oxygen atoms in total. The quantitative estimate of drug-likeness (QED) is 0.0257. The van der Waals surface area contributed by atoms with Gasteiger partial charge in [0.15, 0.2) is 5.78 Å². The van der Waals surface area contributed by atoms with Crippen LogP contribution in [0.4, 0.5) is 0 Å². The number of ether oxygens (including phenoxy) is 8. The smallest absolute Gasteiger partial charge is 0.326 e. The fourth-order valence-corrected chi connectivity index (χ4v) is 11.7. The summed E-state index contributed by atoms with van der Waals surface area (Å²) in [6.07, 6.45) is 25.4. The molecule has 0 aliphatic heterocycles. The van der Waals surface area contributed by atoms with Crippen molar-refractivity contribution in [1.29, 1.82) is 0 Å². The maximum absolute atomic E-state index is 13.0. The van der Waals surface area contributed by atoms with Crippen molar-refractivity contribution in [2.24, 2.45) is 17.8 Å². The van der Waals surface area contributed by atoms with E-state index in [2.05, 4.69) is 26.6 Å². The van der Waals surface area contributed by atoms with E-state index in [1.165, 1.54) is 6.92 Å². The minimum atomic E-state index is -1.19. The highest BCUT2D eigenvalue weighted by Gasteiger charge is 2.25. The van der Waals surface area contributed by atoms with Gasteiger partial charge in [-0.25, -0.2) is 4.79 Å². The predicted molar refractivity (Wildman–Crippen MR) is 413 cm³/mol. The van der Waals surface area contributed by atoms with Gasteiger partial charge in [0.1, 0.15) is 55.6 Å². The average molecular weight is 1590 g/mol. The van der Waals surface area contributed by atoms with Crippen LogP contribution < -0.4 is 26.6 Å². The molecule has 31 heteroatoms. The first kappa shape index (κ1) is 104. The zero-order valence-electron chi connectivity index (χ0n) is 67.0. The van der Waals surface area contributed by atoms with Gasteiger partial charge in [-0.05, 0) is 84.0 Å². The minimum absolute atomic E-state index is 0.00180. The number of carbonyl (C=O) groups is 14. The molecule has 0 saturated heterocycles. The van der Waals surface area contributed by atoms with E-state index < -0.39 is 41.8 Å². The molecule has 111 heavy (non-hydrogen) atoms. The number of nitrogens with one attached hydrogen (secondary N) is 5. The minimum Gasteiger partial charge on any atom is -0.481 e. The van der Waals surface area contributed by atoms with Crippen LogP contribution in [0.1, 0.15) is 271 Å². The van der Waals surface area contributed by atoms with Crippen LogP contribution in [0.25, 0.3) is 0 Å². The molecule has 0 rings (SSSR count). The predicted octanol–water partition coefficient (Wildman–Crippen LogP) is 8.75. The summed E-state index contributed by atoms with van der Waals surface area (Å²) in [6, 6.07) is -1.14. The monoisotopic (exact) mass is 1590 g/mol. The average Bonchev–Trinajstić information content (AvgIpc) is 0.928. The van der Waals surface area contributed by atoms with Crippen LogP contribution >= 0.6 is 0 Å². The number of amides is 5. The lowest BCUT2D eigenvalue weighted by Crippen LogP contribution is -2.41. The molecule has 0 aliphatic carbocycles. The Bertz CT molecular complexity index is 2560. The molecule has 0 aliphatic rings. The second-order valence-electron chi connectivity index (χ2n) is 28.4. The Balaban J connectivity index is 3.83. The lowest BCUT2D eigenvalue weighted by atomic mass is 9.87. The van der Waals surface area contributed by atoms with E-state index in [4.69, 9.17) is 48.1 Å². The molecule has 0 bridgehead atoms. The summed E-state index contributed by atoms with van der Waals surface area (Å²) in [5.74, 6) is -7.39. The van der Waals surface area contributed by atoms with Gasteiger partial charge < -0.3 is 84.9 Å². The molecule has 0 radical (unpaired) electrons. The molecule has 0 saturated carbocycles. The molecule has 1 unspecified atom stereocenters. The van der Waals surface area contributed by atoms with Crippen molar-refractivity contribution in [3.05, 3.63) is 0 Å². The second-order valence-corrected chi connectivity index (χ2v) is 28.4. The normalized spacial score (nSPS) is 12.3. The van der Waals surface area contributed by atoms with Crippen LogP contribution in [0.5, 0.6) is 0 Å². The van der Waals surface area contributed by atoms with E-state index in [1.807, 2.05) is 6.92 Å². The first-order valence-electron chi connectivity index (χ1n) is 41.0. The number of aliphatic carboxylic acids is 4. The van der Waals surface area contributed by atoms with Crippen molar-refractivity contribution in [2.75, 3.05) is 132 Å². The van der Waals surface area contributed by atoms with E-state index >= 15 is 0 Å². The molecule has 0 aromatic carbocycles. The van der Waals surface area contributed by atoms with Crippen molar-refractivity contribution >= 4 is 82.3 Å². The van der Waals surface area contributed by atoms with Crippen molar-refractivity contribution in [2.45, 2.75) is 277 Å². The van der Waals surface area contributed by atoms with Crippen LogP contribution in [-0.4, -0.2) is 241 Å². The summed E-state index contributed by atoms with van der Waals surface area (Å²) in [4.78, 5) is 168. The lowest BCUT2D eigenvalue weighted by molar-refractivity contribution is -0.144. The van der Waals surface area contributed by atoms with Crippen molar-refractivity contribution in [1.82, 2.24) is 26.6 Å². The molecule has 0 aromatic rings. The highest BCUT2D eigenvalue weighted by molar-refractivity contribution is 5.88. The number of rotatable bonds is 85.